The van der Waals surface area contributed by atoms with Crippen LogP contribution < -0.4 is 0 Å². The highest BCUT2D eigenvalue weighted by molar-refractivity contribution is 9.10. The summed E-state index contributed by atoms with van der Waals surface area (Å²) in [6.07, 6.45) is 2.41. The van der Waals surface area contributed by atoms with E-state index in [1.165, 1.54) is 4.90 Å². The molecule has 1 aromatic rings. The van der Waals surface area contributed by atoms with Gasteiger partial charge in [-0.15, -0.1) is 0 Å². The highest BCUT2D eigenvalue weighted by Gasteiger charge is 2.37. The van der Waals surface area contributed by atoms with Crippen LogP contribution in [0.3, 0.4) is 0 Å². The smallest absolute Gasteiger partial charge is 0.331 e. The molecule has 1 aromatic carbocycles. The lowest BCUT2D eigenvalue weighted by molar-refractivity contribution is -0.147. The van der Waals surface area contributed by atoms with Crippen LogP contribution in [-0.2, 0) is 9.59 Å². The average Bonchev–Trinajstić information content (AvgIpc) is 3.13. The second kappa shape index (κ2) is 5.10. The molecule has 0 saturated heterocycles. The zero-order valence-electron chi connectivity index (χ0n) is 9.97. The van der Waals surface area contributed by atoms with E-state index in [-0.39, 0.29) is 6.04 Å². The number of amides is 1. The average molecular weight is 312 g/mol. The van der Waals surface area contributed by atoms with E-state index in [0.717, 1.165) is 22.9 Å². The third-order valence-corrected chi connectivity index (χ3v) is 3.99. The van der Waals surface area contributed by atoms with Crippen LogP contribution in [0, 0.1) is 6.92 Å². The summed E-state index contributed by atoms with van der Waals surface area (Å²) in [4.78, 5) is 23.9. The first-order valence-corrected chi connectivity index (χ1v) is 6.55. The molecule has 1 fully saturated rings. The summed E-state index contributed by atoms with van der Waals surface area (Å²) in [6, 6.07) is 4.56. The van der Waals surface area contributed by atoms with Crippen molar-refractivity contribution in [2.45, 2.75) is 31.8 Å². The molecule has 0 radical (unpaired) electrons. The Morgan fingerprint density at radius 3 is 2.67 bits per heavy atom. The Balaban J connectivity index is 2.36. The molecular weight excluding hydrogens is 298 g/mol. The van der Waals surface area contributed by atoms with Gasteiger partial charge in [0.05, 0.1) is 0 Å². The predicted octanol–water partition coefficient (Wildman–Crippen LogP) is 2.50. The number of halogens is 1. The summed E-state index contributed by atoms with van der Waals surface area (Å²) in [5.41, 5.74) is 1.66. The fourth-order valence-corrected chi connectivity index (χ4v) is 2.35. The van der Waals surface area contributed by atoms with E-state index >= 15 is 0 Å². The van der Waals surface area contributed by atoms with Gasteiger partial charge in [0.15, 0.2) is 6.04 Å². The second-order valence-corrected chi connectivity index (χ2v) is 5.39. The van der Waals surface area contributed by atoms with Crippen molar-refractivity contribution < 1.29 is 14.7 Å². The minimum Gasteiger partial charge on any atom is -0.479 e. The molecule has 0 aromatic heterocycles. The fourth-order valence-electron chi connectivity index (χ4n) is 1.95. The lowest BCUT2D eigenvalue weighted by Gasteiger charge is -2.25. The fraction of sp³-hybridized carbons (Fsp3) is 0.385. The summed E-state index contributed by atoms with van der Waals surface area (Å²) < 4.78 is 0.855. The SMILES string of the molecule is Cc1ccc(C(C(=O)O)N(C=O)C2CC2)cc1Br. The summed E-state index contributed by atoms with van der Waals surface area (Å²) in [7, 11) is 0. The molecule has 1 atom stereocenters. The Morgan fingerprint density at radius 2 is 2.22 bits per heavy atom. The minimum absolute atomic E-state index is 0.0729. The molecule has 0 aliphatic heterocycles. The number of hydrogen-bond acceptors (Lipinski definition) is 2. The molecular formula is C13H14BrNO3. The van der Waals surface area contributed by atoms with Crippen molar-refractivity contribution >= 4 is 28.3 Å². The Kier molecular flexibility index (Phi) is 3.71. The quantitative estimate of drug-likeness (QED) is 0.850. The largest absolute Gasteiger partial charge is 0.479 e. The van der Waals surface area contributed by atoms with Gasteiger partial charge in [0.25, 0.3) is 0 Å². The van der Waals surface area contributed by atoms with Crippen molar-refractivity contribution in [3.8, 4) is 0 Å². The maximum atomic E-state index is 11.4. The summed E-state index contributed by atoms with van der Waals surface area (Å²) in [5, 5.41) is 9.35. The summed E-state index contributed by atoms with van der Waals surface area (Å²) in [5.74, 6) is -0.996. The Labute approximate surface area is 114 Å². The lowest BCUT2D eigenvalue weighted by Crippen LogP contribution is -2.34. The molecule has 1 N–H and O–H groups in total. The van der Waals surface area contributed by atoms with Crippen molar-refractivity contribution in [3.05, 3.63) is 33.8 Å². The van der Waals surface area contributed by atoms with Crippen LogP contribution >= 0.6 is 15.9 Å². The molecule has 18 heavy (non-hydrogen) atoms. The number of carboxylic acids is 1. The van der Waals surface area contributed by atoms with Crippen LogP contribution in [0.25, 0.3) is 0 Å². The Morgan fingerprint density at radius 1 is 1.56 bits per heavy atom. The van der Waals surface area contributed by atoms with Gasteiger partial charge in [-0.3, -0.25) is 4.79 Å². The molecule has 0 bridgehead atoms. The number of aryl methyl sites for hydroxylation is 1. The molecule has 2 rings (SSSR count). The minimum atomic E-state index is -0.996. The number of carbonyl (C=O) groups excluding carboxylic acids is 1. The van der Waals surface area contributed by atoms with Gasteiger partial charge in [-0.1, -0.05) is 28.1 Å². The zero-order valence-corrected chi connectivity index (χ0v) is 11.6. The number of carboxylic acid groups (broad SMARTS) is 1. The van der Waals surface area contributed by atoms with Gasteiger partial charge in [0.1, 0.15) is 0 Å². The van der Waals surface area contributed by atoms with Gasteiger partial charge >= 0.3 is 5.97 Å². The third-order valence-electron chi connectivity index (χ3n) is 3.13. The van der Waals surface area contributed by atoms with Gasteiger partial charge in [-0.05, 0) is 37.0 Å². The Hall–Kier alpha value is -1.36. The molecule has 1 aliphatic carbocycles. The first-order valence-electron chi connectivity index (χ1n) is 5.76. The van der Waals surface area contributed by atoms with Gasteiger partial charge in [-0.25, -0.2) is 4.79 Å². The third kappa shape index (κ3) is 2.56. The van der Waals surface area contributed by atoms with Crippen molar-refractivity contribution in [2.75, 3.05) is 0 Å². The molecule has 1 amide bonds. The van der Waals surface area contributed by atoms with E-state index in [1.54, 1.807) is 12.1 Å². The van der Waals surface area contributed by atoms with Gasteiger partial charge in [0, 0.05) is 10.5 Å². The van der Waals surface area contributed by atoms with E-state index in [0.29, 0.717) is 12.0 Å². The molecule has 5 heteroatoms. The Bertz CT molecular complexity index is 485. The predicted molar refractivity (Wildman–Crippen MR) is 70.2 cm³/mol. The number of nitrogens with zero attached hydrogens (tertiary/aromatic N) is 1. The van der Waals surface area contributed by atoms with E-state index in [4.69, 9.17) is 0 Å². The molecule has 1 aliphatic rings. The van der Waals surface area contributed by atoms with Crippen LogP contribution in [-0.4, -0.2) is 28.4 Å². The number of carbonyl (C=O) groups is 2. The standard InChI is InChI=1S/C13H14BrNO3/c1-8-2-3-9(6-11(8)14)12(13(17)18)15(7-16)10-4-5-10/h2-3,6-7,10,12H,4-5H2,1H3,(H,17,18). The normalized spacial score (nSPS) is 16.1. The number of benzene rings is 1. The van der Waals surface area contributed by atoms with E-state index in [9.17, 15) is 14.7 Å². The second-order valence-electron chi connectivity index (χ2n) is 4.53. The first kappa shape index (κ1) is 13.1. The van der Waals surface area contributed by atoms with Crippen LogP contribution in [0.4, 0.5) is 0 Å². The highest BCUT2D eigenvalue weighted by Crippen LogP contribution is 2.34. The number of aliphatic carboxylic acids is 1. The van der Waals surface area contributed by atoms with Gasteiger partial charge in [0.2, 0.25) is 6.41 Å². The molecule has 1 unspecified atom stereocenters. The van der Waals surface area contributed by atoms with Gasteiger partial charge < -0.3 is 10.0 Å². The summed E-state index contributed by atoms with van der Waals surface area (Å²) in [6.45, 7) is 1.93. The van der Waals surface area contributed by atoms with Crippen molar-refractivity contribution in [3.63, 3.8) is 0 Å². The zero-order chi connectivity index (χ0) is 13.3. The summed E-state index contributed by atoms with van der Waals surface area (Å²) >= 11 is 3.39. The van der Waals surface area contributed by atoms with Crippen molar-refractivity contribution in [1.29, 1.82) is 0 Å². The van der Waals surface area contributed by atoms with Gasteiger partial charge in [-0.2, -0.15) is 0 Å². The lowest BCUT2D eigenvalue weighted by atomic mass is 10.0. The van der Waals surface area contributed by atoms with Crippen LogP contribution in [0.1, 0.15) is 30.0 Å². The molecule has 0 spiro atoms. The molecule has 0 heterocycles. The van der Waals surface area contributed by atoms with Crippen LogP contribution in [0.2, 0.25) is 0 Å². The maximum Gasteiger partial charge on any atom is 0.331 e. The maximum absolute atomic E-state index is 11.4. The molecule has 4 nitrogen and oxygen atoms in total. The number of hydrogen-bond donors (Lipinski definition) is 1. The molecule has 1 saturated carbocycles. The van der Waals surface area contributed by atoms with Crippen molar-refractivity contribution in [1.82, 2.24) is 4.90 Å². The monoisotopic (exact) mass is 311 g/mol. The van der Waals surface area contributed by atoms with E-state index < -0.39 is 12.0 Å². The first-order chi connectivity index (χ1) is 8.54. The topological polar surface area (TPSA) is 57.6 Å². The highest BCUT2D eigenvalue weighted by atomic mass is 79.9. The van der Waals surface area contributed by atoms with E-state index in [2.05, 4.69) is 15.9 Å². The van der Waals surface area contributed by atoms with E-state index in [1.807, 2.05) is 13.0 Å². The van der Waals surface area contributed by atoms with Crippen LogP contribution in [0.5, 0.6) is 0 Å². The number of rotatable bonds is 5. The van der Waals surface area contributed by atoms with Crippen LogP contribution in [0.15, 0.2) is 22.7 Å². The molecule has 96 valence electrons. The van der Waals surface area contributed by atoms with Crippen molar-refractivity contribution in [2.24, 2.45) is 0 Å².